The fraction of sp³-hybridized carbons (Fsp3) is 0.545. The van der Waals surface area contributed by atoms with Crippen LogP contribution in [0.2, 0.25) is 0 Å². The van der Waals surface area contributed by atoms with Crippen LogP contribution in [0.1, 0.15) is 11.8 Å². The second kappa shape index (κ2) is 5.43. The molecule has 1 amide bonds. The number of rotatable bonds is 3. The van der Waals surface area contributed by atoms with Gasteiger partial charge in [0.25, 0.3) is 0 Å². The quantitative estimate of drug-likeness (QED) is 0.830. The van der Waals surface area contributed by atoms with Gasteiger partial charge in [-0.25, -0.2) is 0 Å². The Kier molecular flexibility index (Phi) is 3.93. The molecule has 1 aliphatic rings. The van der Waals surface area contributed by atoms with E-state index < -0.39 is 0 Å². The lowest BCUT2D eigenvalue weighted by atomic mass is 10.3. The zero-order valence-electron chi connectivity index (χ0n) is 9.45. The Morgan fingerprint density at radius 1 is 1.50 bits per heavy atom. The van der Waals surface area contributed by atoms with E-state index in [9.17, 15) is 4.79 Å². The summed E-state index contributed by atoms with van der Waals surface area (Å²) in [4.78, 5) is 14.6. The van der Waals surface area contributed by atoms with Gasteiger partial charge in [-0.1, -0.05) is 0 Å². The van der Waals surface area contributed by atoms with Gasteiger partial charge < -0.3 is 10.6 Å². The van der Waals surface area contributed by atoms with Crippen LogP contribution in [0, 0.1) is 0 Å². The maximum absolute atomic E-state index is 10.9. The molecule has 2 N–H and O–H groups in total. The van der Waals surface area contributed by atoms with Crippen molar-refractivity contribution >= 4 is 22.2 Å². The molecule has 0 aromatic carbocycles. The van der Waals surface area contributed by atoms with Gasteiger partial charge in [0.05, 0.1) is 5.00 Å². The molecule has 88 valence electrons. The summed E-state index contributed by atoms with van der Waals surface area (Å²) in [5.41, 5.74) is 0. The van der Waals surface area contributed by atoms with Crippen molar-refractivity contribution in [1.29, 1.82) is 0 Å². The van der Waals surface area contributed by atoms with Crippen LogP contribution in [0.25, 0.3) is 0 Å². The maximum atomic E-state index is 10.9. The van der Waals surface area contributed by atoms with Gasteiger partial charge in [0, 0.05) is 44.5 Å². The molecule has 1 aromatic rings. The van der Waals surface area contributed by atoms with E-state index in [1.165, 1.54) is 11.8 Å². The van der Waals surface area contributed by atoms with Crippen molar-refractivity contribution in [3.63, 3.8) is 0 Å². The van der Waals surface area contributed by atoms with E-state index in [4.69, 9.17) is 0 Å². The van der Waals surface area contributed by atoms with Gasteiger partial charge in [-0.2, -0.15) is 0 Å². The summed E-state index contributed by atoms with van der Waals surface area (Å²) in [6.07, 6.45) is 0. The molecule has 16 heavy (non-hydrogen) atoms. The lowest BCUT2D eigenvalue weighted by Crippen LogP contribution is -2.42. The minimum atomic E-state index is -0.00410. The minimum absolute atomic E-state index is 0.00410. The molecule has 0 spiro atoms. The van der Waals surface area contributed by atoms with Gasteiger partial charge in [-0.05, 0) is 12.1 Å². The first kappa shape index (κ1) is 11.6. The van der Waals surface area contributed by atoms with Crippen molar-refractivity contribution in [2.75, 3.05) is 31.5 Å². The largest absolute Gasteiger partial charge is 0.318 e. The van der Waals surface area contributed by atoms with Gasteiger partial charge in [0.15, 0.2) is 0 Å². The third-order valence-electron chi connectivity index (χ3n) is 2.55. The van der Waals surface area contributed by atoms with Crippen LogP contribution >= 0.6 is 11.3 Å². The molecule has 0 saturated carbocycles. The molecule has 1 aliphatic heterocycles. The van der Waals surface area contributed by atoms with Crippen LogP contribution in [0.5, 0.6) is 0 Å². The van der Waals surface area contributed by atoms with Gasteiger partial charge in [0.1, 0.15) is 0 Å². The number of nitrogens with zero attached hydrogens (tertiary/aromatic N) is 1. The van der Waals surface area contributed by atoms with Crippen LogP contribution < -0.4 is 10.6 Å². The summed E-state index contributed by atoms with van der Waals surface area (Å²) >= 11 is 1.66. The summed E-state index contributed by atoms with van der Waals surface area (Å²) in [5.74, 6) is -0.00410. The normalized spacial score (nSPS) is 17.3. The van der Waals surface area contributed by atoms with Gasteiger partial charge in [0.2, 0.25) is 5.91 Å². The summed E-state index contributed by atoms with van der Waals surface area (Å²) in [5, 5.41) is 7.09. The molecule has 0 atom stereocenters. The maximum Gasteiger partial charge on any atom is 0.221 e. The molecule has 1 saturated heterocycles. The standard InChI is InChI=1S/C11H17N3OS/c1-9(15)13-11-3-2-10(16-11)8-14-6-4-12-5-7-14/h2-3,12H,4-8H2,1H3,(H,13,15). The number of amides is 1. The van der Waals surface area contributed by atoms with Crippen LogP contribution in [0.4, 0.5) is 5.00 Å². The number of hydrogen-bond donors (Lipinski definition) is 2. The first-order chi connectivity index (χ1) is 7.74. The first-order valence-electron chi connectivity index (χ1n) is 5.53. The van der Waals surface area contributed by atoms with Crippen LogP contribution in [-0.4, -0.2) is 37.0 Å². The third-order valence-corrected chi connectivity index (χ3v) is 3.54. The Hall–Kier alpha value is -0.910. The highest BCUT2D eigenvalue weighted by atomic mass is 32.1. The fourth-order valence-electron chi connectivity index (χ4n) is 1.79. The molecule has 4 nitrogen and oxygen atoms in total. The van der Waals surface area contributed by atoms with Gasteiger partial charge in [-0.3, -0.25) is 9.69 Å². The van der Waals surface area contributed by atoms with Crippen molar-refractivity contribution < 1.29 is 4.79 Å². The Balaban J connectivity index is 1.88. The summed E-state index contributed by atoms with van der Waals surface area (Å²) in [6, 6.07) is 4.07. The number of carbonyl (C=O) groups is 1. The van der Waals surface area contributed by atoms with E-state index in [-0.39, 0.29) is 5.91 Å². The van der Waals surface area contributed by atoms with Crippen LogP contribution in [0.3, 0.4) is 0 Å². The molecule has 0 aliphatic carbocycles. The number of piperazine rings is 1. The SMILES string of the molecule is CC(=O)Nc1ccc(CN2CCNCC2)s1. The highest BCUT2D eigenvalue weighted by molar-refractivity contribution is 7.16. The van der Waals surface area contributed by atoms with Crippen molar-refractivity contribution in [2.24, 2.45) is 0 Å². The molecule has 1 fully saturated rings. The average Bonchev–Trinajstić information content (AvgIpc) is 2.66. The molecule has 0 bridgehead atoms. The summed E-state index contributed by atoms with van der Waals surface area (Å²) in [6.45, 7) is 6.89. The number of nitrogens with one attached hydrogen (secondary N) is 2. The van der Waals surface area contributed by atoms with E-state index in [1.54, 1.807) is 11.3 Å². The summed E-state index contributed by atoms with van der Waals surface area (Å²) in [7, 11) is 0. The highest BCUT2D eigenvalue weighted by Crippen LogP contribution is 2.23. The van der Waals surface area contributed by atoms with E-state index >= 15 is 0 Å². The monoisotopic (exact) mass is 239 g/mol. The zero-order chi connectivity index (χ0) is 11.4. The van der Waals surface area contributed by atoms with Crippen LogP contribution in [-0.2, 0) is 11.3 Å². The lowest BCUT2D eigenvalue weighted by Gasteiger charge is -2.26. The molecule has 0 unspecified atom stereocenters. The molecule has 0 radical (unpaired) electrons. The van der Waals surface area contributed by atoms with Gasteiger partial charge >= 0.3 is 0 Å². The number of hydrogen-bond acceptors (Lipinski definition) is 4. The van der Waals surface area contributed by atoms with Crippen molar-refractivity contribution in [1.82, 2.24) is 10.2 Å². The average molecular weight is 239 g/mol. The van der Waals surface area contributed by atoms with Crippen molar-refractivity contribution in [3.8, 4) is 0 Å². The fourth-order valence-corrected chi connectivity index (χ4v) is 2.79. The Labute approximate surface area is 99.6 Å². The van der Waals surface area contributed by atoms with Crippen LogP contribution in [0.15, 0.2) is 12.1 Å². The number of anilines is 1. The molecule has 2 heterocycles. The van der Waals surface area contributed by atoms with Crippen molar-refractivity contribution in [2.45, 2.75) is 13.5 Å². The lowest BCUT2D eigenvalue weighted by molar-refractivity contribution is -0.114. The Morgan fingerprint density at radius 3 is 2.94 bits per heavy atom. The van der Waals surface area contributed by atoms with E-state index in [0.29, 0.717) is 0 Å². The Morgan fingerprint density at radius 2 is 2.25 bits per heavy atom. The second-order valence-electron chi connectivity index (χ2n) is 3.97. The third kappa shape index (κ3) is 3.30. The smallest absolute Gasteiger partial charge is 0.221 e. The Bertz CT molecular complexity index is 358. The summed E-state index contributed by atoms with van der Waals surface area (Å²) < 4.78 is 0. The first-order valence-corrected chi connectivity index (χ1v) is 6.35. The molecule has 2 rings (SSSR count). The number of carbonyl (C=O) groups excluding carboxylic acids is 1. The zero-order valence-corrected chi connectivity index (χ0v) is 10.3. The second-order valence-corrected chi connectivity index (χ2v) is 5.14. The highest BCUT2D eigenvalue weighted by Gasteiger charge is 2.11. The molecular weight excluding hydrogens is 222 g/mol. The topological polar surface area (TPSA) is 44.4 Å². The van der Waals surface area contributed by atoms with Crippen molar-refractivity contribution in [3.05, 3.63) is 17.0 Å². The predicted molar refractivity (Wildman–Crippen MR) is 66.8 cm³/mol. The van der Waals surface area contributed by atoms with E-state index in [1.807, 2.05) is 6.07 Å². The molecule has 5 heteroatoms. The number of thiophene rings is 1. The minimum Gasteiger partial charge on any atom is -0.318 e. The van der Waals surface area contributed by atoms with E-state index in [0.717, 1.165) is 37.7 Å². The van der Waals surface area contributed by atoms with Gasteiger partial charge in [-0.15, -0.1) is 11.3 Å². The molecular formula is C11H17N3OS. The van der Waals surface area contributed by atoms with E-state index in [2.05, 4.69) is 21.6 Å². The predicted octanol–water partition coefficient (Wildman–Crippen LogP) is 1.11. The molecule has 1 aromatic heterocycles.